The van der Waals surface area contributed by atoms with Gasteiger partial charge in [0.25, 0.3) is 11.8 Å². The van der Waals surface area contributed by atoms with Crippen molar-refractivity contribution in [1.82, 2.24) is 16.0 Å². The summed E-state index contributed by atoms with van der Waals surface area (Å²) in [6, 6.07) is 10.2. The molecule has 3 N–H and O–H groups in total. The van der Waals surface area contributed by atoms with Gasteiger partial charge in [0.1, 0.15) is 17.6 Å². The normalized spacial score (nSPS) is 11.6. The van der Waals surface area contributed by atoms with Crippen LogP contribution in [0.25, 0.3) is 0 Å². The van der Waals surface area contributed by atoms with E-state index in [1.165, 1.54) is 18.2 Å². The van der Waals surface area contributed by atoms with Gasteiger partial charge in [-0.1, -0.05) is 19.9 Å². The van der Waals surface area contributed by atoms with Gasteiger partial charge < -0.3 is 20.7 Å². The zero-order chi connectivity index (χ0) is 23.7. The molecule has 2 rings (SSSR count). The van der Waals surface area contributed by atoms with E-state index in [-0.39, 0.29) is 36.4 Å². The minimum Gasteiger partial charge on any atom is -0.494 e. The van der Waals surface area contributed by atoms with E-state index in [1.807, 2.05) is 20.8 Å². The third kappa shape index (κ3) is 7.08. The van der Waals surface area contributed by atoms with Crippen LogP contribution < -0.4 is 20.7 Å². The first-order valence-corrected chi connectivity index (χ1v) is 10.6. The highest BCUT2D eigenvalue weighted by Gasteiger charge is 2.24. The maximum atomic E-state index is 13.6. The van der Waals surface area contributed by atoms with Gasteiger partial charge >= 0.3 is 0 Å². The fraction of sp³-hybridized carbons (Fsp3) is 0.375. The van der Waals surface area contributed by atoms with E-state index in [2.05, 4.69) is 16.0 Å². The molecule has 0 heterocycles. The summed E-state index contributed by atoms with van der Waals surface area (Å²) in [6.07, 6.45) is 0. The van der Waals surface area contributed by atoms with Gasteiger partial charge in [-0.3, -0.25) is 14.4 Å². The number of hydrogen-bond donors (Lipinski definition) is 3. The highest BCUT2D eigenvalue weighted by atomic mass is 19.1. The van der Waals surface area contributed by atoms with Crippen molar-refractivity contribution in [1.29, 1.82) is 0 Å². The Bertz CT molecular complexity index is 945. The Morgan fingerprint density at radius 3 is 2.16 bits per heavy atom. The second-order valence-electron chi connectivity index (χ2n) is 7.66. The van der Waals surface area contributed by atoms with Gasteiger partial charge in [-0.2, -0.15) is 0 Å². The molecule has 1 unspecified atom stereocenters. The van der Waals surface area contributed by atoms with Crippen LogP contribution >= 0.6 is 0 Å². The molecule has 2 aromatic carbocycles. The molecule has 172 valence electrons. The first kappa shape index (κ1) is 24.8. The Hall–Kier alpha value is -3.42. The molecule has 0 aliphatic rings. The van der Waals surface area contributed by atoms with E-state index in [4.69, 9.17) is 4.74 Å². The number of ether oxygens (including phenoxy) is 1. The number of benzene rings is 2. The molecule has 32 heavy (non-hydrogen) atoms. The average Bonchev–Trinajstić information content (AvgIpc) is 2.77. The first-order chi connectivity index (χ1) is 15.2. The topological polar surface area (TPSA) is 96.5 Å². The molecule has 0 aliphatic carbocycles. The van der Waals surface area contributed by atoms with E-state index < -0.39 is 17.8 Å². The summed E-state index contributed by atoms with van der Waals surface area (Å²) in [5.41, 5.74) is 1.09. The van der Waals surface area contributed by atoms with Gasteiger partial charge in [-0.25, -0.2) is 4.39 Å². The predicted molar refractivity (Wildman–Crippen MR) is 120 cm³/mol. The van der Waals surface area contributed by atoms with Crippen molar-refractivity contribution in [3.63, 3.8) is 0 Å². The van der Waals surface area contributed by atoms with Gasteiger partial charge in [0.05, 0.1) is 6.61 Å². The molecule has 0 aliphatic heterocycles. The summed E-state index contributed by atoms with van der Waals surface area (Å²) in [6.45, 7) is 8.02. The quantitative estimate of drug-likeness (QED) is 0.492. The number of carbonyl (C=O) groups is 3. The molecule has 0 spiro atoms. The summed E-state index contributed by atoms with van der Waals surface area (Å²) < 4.78 is 19.0. The van der Waals surface area contributed by atoms with Crippen molar-refractivity contribution in [2.24, 2.45) is 5.92 Å². The van der Waals surface area contributed by atoms with Crippen molar-refractivity contribution >= 4 is 17.7 Å². The minimum atomic E-state index is -0.740. The highest BCUT2D eigenvalue weighted by molar-refractivity contribution is 5.97. The third-order valence-corrected chi connectivity index (χ3v) is 4.81. The monoisotopic (exact) mass is 443 g/mol. The molecule has 0 fully saturated rings. The second-order valence-corrected chi connectivity index (χ2v) is 7.66. The number of amides is 3. The molecule has 0 radical (unpaired) electrons. The summed E-state index contributed by atoms with van der Waals surface area (Å²) in [4.78, 5) is 37.2. The summed E-state index contributed by atoms with van der Waals surface area (Å²) >= 11 is 0. The molecule has 2 aromatic rings. The Kier molecular flexibility index (Phi) is 9.19. The Morgan fingerprint density at radius 1 is 0.938 bits per heavy atom. The van der Waals surface area contributed by atoms with E-state index in [0.717, 1.165) is 0 Å². The molecule has 0 saturated carbocycles. The van der Waals surface area contributed by atoms with Gasteiger partial charge in [0.2, 0.25) is 5.91 Å². The zero-order valence-corrected chi connectivity index (χ0v) is 18.8. The Labute approximate surface area is 187 Å². The number of halogens is 1. The molecule has 0 aromatic heterocycles. The minimum absolute atomic E-state index is 0.147. The van der Waals surface area contributed by atoms with Gasteiger partial charge in [-0.15, -0.1) is 0 Å². The van der Waals surface area contributed by atoms with Crippen LogP contribution in [0.5, 0.6) is 5.75 Å². The SMILES string of the molecule is CCOc1ccc(C(=O)NC(C(=O)NCCNC(=O)c2ccc(C)c(F)c2)C(C)C)cc1. The van der Waals surface area contributed by atoms with Crippen LogP contribution in [0.15, 0.2) is 42.5 Å². The third-order valence-electron chi connectivity index (χ3n) is 4.81. The molecule has 8 heteroatoms. The van der Waals surface area contributed by atoms with Gasteiger partial charge in [0, 0.05) is 24.2 Å². The zero-order valence-electron chi connectivity index (χ0n) is 18.8. The van der Waals surface area contributed by atoms with Crippen LogP contribution in [0.2, 0.25) is 0 Å². The number of aryl methyl sites for hydroxylation is 1. The Morgan fingerprint density at radius 2 is 1.56 bits per heavy atom. The molecular formula is C24H30FN3O4. The fourth-order valence-electron chi connectivity index (χ4n) is 2.94. The fourth-order valence-corrected chi connectivity index (χ4v) is 2.94. The maximum absolute atomic E-state index is 13.6. The number of rotatable bonds is 10. The van der Waals surface area contributed by atoms with Crippen molar-refractivity contribution in [2.45, 2.75) is 33.7 Å². The van der Waals surface area contributed by atoms with Crippen LogP contribution in [-0.4, -0.2) is 43.5 Å². The lowest BCUT2D eigenvalue weighted by Crippen LogP contribution is -2.50. The van der Waals surface area contributed by atoms with Gasteiger partial charge in [-0.05, 0) is 61.7 Å². The number of nitrogens with one attached hydrogen (secondary N) is 3. The highest BCUT2D eigenvalue weighted by Crippen LogP contribution is 2.13. The van der Waals surface area contributed by atoms with Crippen molar-refractivity contribution in [3.8, 4) is 5.75 Å². The van der Waals surface area contributed by atoms with Crippen LogP contribution in [0.3, 0.4) is 0 Å². The van der Waals surface area contributed by atoms with E-state index in [0.29, 0.717) is 23.5 Å². The lowest BCUT2D eigenvalue weighted by atomic mass is 10.0. The number of carbonyl (C=O) groups excluding carboxylic acids is 3. The first-order valence-electron chi connectivity index (χ1n) is 10.6. The standard InChI is InChI=1S/C24H30FN3O4/c1-5-32-19-10-8-17(9-11-19)23(30)28-21(15(2)3)24(31)27-13-12-26-22(29)18-7-6-16(4)20(25)14-18/h6-11,14-15,21H,5,12-13H2,1-4H3,(H,26,29)(H,27,31)(H,28,30). The summed E-state index contributed by atoms with van der Waals surface area (Å²) in [7, 11) is 0. The van der Waals surface area contributed by atoms with Crippen molar-refractivity contribution in [2.75, 3.05) is 19.7 Å². The maximum Gasteiger partial charge on any atom is 0.251 e. The Balaban J connectivity index is 1.85. The van der Waals surface area contributed by atoms with E-state index in [1.54, 1.807) is 31.2 Å². The van der Waals surface area contributed by atoms with E-state index >= 15 is 0 Å². The van der Waals surface area contributed by atoms with Crippen molar-refractivity contribution in [3.05, 3.63) is 65.0 Å². The number of hydrogen-bond acceptors (Lipinski definition) is 4. The summed E-state index contributed by atoms with van der Waals surface area (Å²) in [5.74, 6) is -1.08. The molecule has 3 amide bonds. The molecule has 0 saturated heterocycles. The summed E-state index contributed by atoms with van der Waals surface area (Å²) in [5, 5.41) is 8.09. The van der Waals surface area contributed by atoms with Crippen LogP contribution in [0.1, 0.15) is 47.1 Å². The van der Waals surface area contributed by atoms with Crippen molar-refractivity contribution < 1.29 is 23.5 Å². The van der Waals surface area contributed by atoms with E-state index in [9.17, 15) is 18.8 Å². The van der Waals surface area contributed by atoms with Crippen LogP contribution in [-0.2, 0) is 4.79 Å². The average molecular weight is 444 g/mol. The smallest absolute Gasteiger partial charge is 0.251 e. The molecule has 1 atom stereocenters. The molecule has 7 nitrogen and oxygen atoms in total. The second kappa shape index (κ2) is 11.8. The van der Waals surface area contributed by atoms with Crippen LogP contribution in [0.4, 0.5) is 4.39 Å². The predicted octanol–water partition coefficient (Wildman–Crippen LogP) is 2.83. The van der Waals surface area contributed by atoms with Gasteiger partial charge in [0.15, 0.2) is 0 Å². The molecule has 0 bridgehead atoms. The van der Waals surface area contributed by atoms with Crippen LogP contribution in [0, 0.1) is 18.7 Å². The largest absolute Gasteiger partial charge is 0.494 e. The lowest BCUT2D eigenvalue weighted by molar-refractivity contribution is -0.123. The molecular weight excluding hydrogens is 413 g/mol. The lowest BCUT2D eigenvalue weighted by Gasteiger charge is -2.22.